The fraction of sp³-hybridized carbons (Fsp3) is 0.381. The van der Waals surface area contributed by atoms with Gasteiger partial charge >= 0.3 is 0 Å². The summed E-state index contributed by atoms with van der Waals surface area (Å²) in [6, 6.07) is 7.66. The summed E-state index contributed by atoms with van der Waals surface area (Å²) in [7, 11) is -2.30. The Balaban J connectivity index is 2.03. The molecule has 0 saturated carbocycles. The third-order valence-electron chi connectivity index (χ3n) is 4.67. The van der Waals surface area contributed by atoms with Crippen LogP contribution in [0.5, 0.6) is 5.88 Å². The Hall–Kier alpha value is -2.98. The zero-order valence-corrected chi connectivity index (χ0v) is 19.1. The lowest BCUT2D eigenvalue weighted by atomic mass is 10.0. The number of hydrogen-bond acceptors (Lipinski definition) is 7. The van der Waals surface area contributed by atoms with E-state index < -0.39 is 15.6 Å². The Morgan fingerprint density at radius 2 is 1.90 bits per heavy atom. The van der Waals surface area contributed by atoms with E-state index in [0.717, 1.165) is 11.1 Å². The zero-order chi connectivity index (χ0) is 22.8. The third kappa shape index (κ3) is 5.59. The molecule has 0 amide bonds. The second-order valence-corrected chi connectivity index (χ2v) is 9.69. The first-order valence-electron chi connectivity index (χ1n) is 9.77. The molecule has 10 heteroatoms. The molecule has 2 aromatic heterocycles. The zero-order valence-electron chi connectivity index (χ0n) is 18.2. The topological polar surface area (TPSA) is 119 Å². The van der Waals surface area contributed by atoms with E-state index in [9.17, 15) is 13.5 Å². The van der Waals surface area contributed by atoms with Gasteiger partial charge in [-0.15, -0.1) is 0 Å². The minimum Gasteiger partial charge on any atom is -0.477 e. The number of sulfonamides is 1. The van der Waals surface area contributed by atoms with Crippen molar-refractivity contribution in [1.29, 1.82) is 0 Å². The van der Waals surface area contributed by atoms with Crippen molar-refractivity contribution in [2.75, 3.05) is 11.3 Å². The van der Waals surface area contributed by atoms with E-state index in [0.29, 0.717) is 17.7 Å². The minimum atomic E-state index is -3.93. The molecule has 0 aliphatic carbocycles. The van der Waals surface area contributed by atoms with Crippen LogP contribution in [-0.2, 0) is 17.1 Å². The molecular weight excluding hydrogens is 418 g/mol. The lowest BCUT2D eigenvalue weighted by Gasteiger charge is -2.19. The number of anilines is 1. The average molecular weight is 446 g/mol. The van der Waals surface area contributed by atoms with Crippen LogP contribution in [0.3, 0.4) is 0 Å². The number of benzene rings is 1. The number of hydrogen-bond donors (Lipinski definition) is 2. The van der Waals surface area contributed by atoms with Gasteiger partial charge in [0.15, 0.2) is 0 Å². The fourth-order valence-electron chi connectivity index (χ4n) is 2.90. The molecule has 2 heterocycles. The van der Waals surface area contributed by atoms with Crippen molar-refractivity contribution in [2.45, 2.75) is 44.6 Å². The van der Waals surface area contributed by atoms with Crippen molar-refractivity contribution in [3.05, 3.63) is 47.8 Å². The van der Waals surface area contributed by atoms with Crippen molar-refractivity contribution in [1.82, 2.24) is 19.7 Å². The van der Waals surface area contributed by atoms with Crippen molar-refractivity contribution in [3.8, 4) is 17.1 Å². The summed E-state index contributed by atoms with van der Waals surface area (Å²) in [5.41, 5.74) is 2.17. The van der Waals surface area contributed by atoms with E-state index in [1.54, 1.807) is 20.9 Å². The number of ether oxygens (including phenoxy) is 1. The smallest absolute Gasteiger partial charge is 0.267 e. The molecule has 0 radical (unpaired) electrons. The van der Waals surface area contributed by atoms with E-state index in [4.69, 9.17) is 4.74 Å². The predicted octanol–water partition coefficient (Wildman–Crippen LogP) is 2.83. The molecule has 1 aromatic carbocycles. The van der Waals surface area contributed by atoms with Gasteiger partial charge in [0.05, 0.1) is 24.1 Å². The van der Waals surface area contributed by atoms with Crippen LogP contribution in [0.4, 0.5) is 5.95 Å². The standard InChI is InChI=1S/C21H27N5O4S/c1-14-8-6-7-9-17(14)18-15(2)19(30-11-10-21(3,4)27)24-20(23-18)25-31(28,29)16-12-22-26(5)13-16/h6-9,12-13,27H,10-11H2,1-5H3,(H,23,24,25). The van der Waals surface area contributed by atoms with E-state index >= 15 is 0 Å². The predicted molar refractivity (Wildman–Crippen MR) is 117 cm³/mol. The molecule has 0 aliphatic heterocycles. The second kappa shape index (κ2) is 8.64. The van der Waals surface area contributed by atoms with Crippen LogP contribution in [-0.4, -0.2) is 45.5 Å². The van der Waals surface area contributed by atoms with E-state index in [-0.39, 0.29) is 23.3 Å². The maximum absolute atomic E-state index is 12.8. The number of rotatable bonds is 8. The molecule has 2 N–H and O–H groups in total. The first kappa shape index (κ1) is 22.7. The summed E-state index contributed by atoms with van der Waals surface area (Å²) in [6.07, 6.45) is 3.02. The van der Waals surface area contributed by atoms with Crippen LogP contribution in [0.25, 0.3) is 11.3 Å². The highest BCUT2D eigenvalue weighted by molar-refractivity contribution is 7.92. The quantitative estimate of drug-likeness (QED) is 0.547. The fourth-order valence-corrected chi connectivity index (χ4v) is 3.82. The van der Waals surface area contributed by atoms with Gasteiger partial charge in [-0.2, -0.15) is 10.1 Å². The maximum Gasteiger partial charge on any atom is 0.267 e. The molecule has 3 aromatic rings. The normalized spacial score (nSPS) is 12.1. The first-order chi connectivity index (χ1) is 14.5. The molecule has 9 nitrogen and oxygen atoms in total. The van der Waals surface area contributed by atoms with Crippen molar-refractivity contribution < 1.29 is 18.3 Å². The number of aliphatic hydroxyl groups is 1. The van der Waals surface area contributed by atoms with E-state index in [1.807, 2.05) is 38.1 Å². The van der Waals surface area contributed by atoms with Gasteiger partial charge in [0.25, 0.3) is 10.0 Å². The molecule has 3 rings (SSSR count). The second-order valence-electron chi connectivity index (χ2n) is 8.01. The lowest BCUT2D eigenvalue weighted by molar-refractivity contribution is 0.0546. The Labute approximate surface area is 182 Å². The molecule has 0 aliphatic rings. The summed E-state index contributed by atoms with van der Waals surface area (Å²) in [4.78, 5) is 8.77. The van der Waals surface area contributed by atoms with Crippen molar-refractivity contribution >= 4 is 16.0 Å². The largest absolute Gasteiger partial charge is 0.477 e. The summed E-state index contributed by atoms with van der Waals surface area (Å²) in [6.45, 7) is 7.36. The first-order valence-corrected chi connectivity index (χ1v) is 11.3. The molecule has 0 unspecified atom stereocenters. The van der Waals surface area contributed by atoms with Gasteiger partial charge in [0, 0.05) is 30.8 Å². The highest BCUT2D eigenvalue weighted by Gasteiger charge is 2.22. The summed E-state index contributed by atoms with van der Waals surface area (Å²) < 4.78 is 35.1. The molecule has 0 spiro atoms. The van der Waals surface area contributed by atoms with Gasteiger partial charge in [0.2, 0.25) is 11.8 Å². The average Bonchev–Trinajstić information content (AvgIpc) is 3.11. The molecule has 0 atom stereocenters. The van der Waals surface area contributed by atoms with Crippen molar-refractivity contribution in [2.24, 2.45) is 7.05 Å². The summed E-state index contributed by atoms with van der Waals surface area (Å²) >= 11 is 0. The lowest BCUT2D eigenvalue weighted by Crippen LogP contribution is -2.22. The van der Waals surface area contributed by atoms with Crippen LogP contribution >= 0.6 is 0 Å². The summed E-state index contributed by atoms with van der Waals surface area (Å²) in [5, 5.41) is 13.9. The molecule has 166 valence electrons. The monoisotopic (exact) mass is 445 g/mol. The van der Waals surface area contributed by atoms with E-state index in [2.05, 4.69) is 19.8 Å². The van der Waals surface area contributed by atoms with Gasteiger partial charge < -0.3 is 9.84 Å². The Morgan fingerprint density at radius 3 is 2.52 bits per heavy atom. The van der Waals surface area contributed by atoms with Crippen molar-refractivity contribution in [3.63, 3.8) is 0 Å². The highest BCUT2D eigenvalue weighted by Crippen LogP contribution is 2.31. The van der Waals surface area contributed by atoms with Crippen LogP contribution in [0.2, 0.25) is 0 Å². The van der Waals surface area contributed by atoms with Gasteiger partial charge in [-0.1, -0.05) is 24.3 Å². The molecule has 0 saturated heterocycles. The van der Waals surface area contributed by atoms with Gasteiger partial charge in [-0.3, -0.25) is 4.68 Å². The highest BCUT2D eigenvalue weighted by atomic mass is 32.2. The van der Waals surface area contributed by atoms with E-state index in [1.165, 1.54) is 17.1 Å². The molecular formula is C21H27N5O4S. The van der Waals surface area contributed by atoms with Crippen LogP contribution in [0, 0.1) is 13.8 Å². The number of nitrogens with zero attached hydrogens (tertiary/aromatic N) is 4. The van der Waals surface area contributed by atoms with Crippen LogP contribution in [0.1, 0.15) is 31.4 Å². The molecule has 0 fully saturated rings. The Bertz CT molecular complexity index is 1180. The Kier molecular flexibility index (Phi) is 6.33. The molecule has 31 heavy (non-hydrogen) atoms. The Morgan fingerprint density at radius 1 is 1.19 bits per heavy atom. The van der Waals surface area contributed by atoms with Gasteiger partial charge in [0.1, 0.15) is 4.90 Å². The SMILES string of the molecule is Cc1ccccc1-c1nc(NS(=O)(=O)c2cnn(C)c2)nc(OCCC(C)(C)O)c1C. The number of nitrogens with one attached hydrogen (secondary N) is 1. The molecule has 0 bridgehead atoms. The minimum absolute atomic E-state index is 0.00103. The number of aromatic nitrogens is 4. The maximum atomic E-state index is 12.8. The van der Waals surface area contributed by atoms with Crippen LogP contribution in [0.15, 0.2) is 41.6 Å². The van der Waals surface area contributed by atoms with Gasteiger partial charge in [-0.05, 0) is 33.3 Å². The number of aryl methyl sites for hydroxylation is 2. The van der Waals surface area contributed by atoms with Crippen LogP contribution < -0.4 is 9.46 Å². The van der Waals surface area contributed by atoms with Gasteiger partial charge in [-0.25, -0.2) is 18.1 Å². The third-order valence-corrected chi connectivity index (χ3v) is 5.95. The summed E-state index contributed by atoms with van der Waals surface area (Å²) in [5.74, 6) is 0.146.